The predicted molar refractivity (Wildman–Crippen MR) is 72.4 cm³/mol. The lowest BCUT2D eigenvalue weighted by Gasteiger charge is -2.30. The van der Waals surface area contributed by atoms with Gasteiger partial charge in [0.1, 0.15) is 0 Å². The molecule has 17 heavy (non-hydrogen) atoms. The van der Waals surface area contributed by atoms with Gasteiger partial charge in [-0.05, 0) is 19.9 Å². The highest BCUT2D eigenvalue weighted by molar-refractivity contribution is 7.99. The molecule has 1 aromatic rings. The van der Waals surface area contributed by atoms with Gasteiger partial charge in [0.15, 0.2) is 0 Å². The molecule has 1 unspecified atom stereocenters. The predicted octanol–water partition coefficient (Wildman–Crippen LogP) is 1.57. The Morgan fingerprint density at radius 1 is 1.59 bits per heavy atom. The van der Waals surface area contributed by atoms with Crippen LogP contribution in [0.25, 0.3) is 0 Å². The summed E-state index contributed by atoms with van der Waals surface area (Å²) in [6.45, 7) is 8.35. The van der Waals surface area contributed by atoms with E-state index in [0.29, 0.717) is 6.04 Å². The van der Waals surface area contributed by atoms with Gasteiger partial charge in [-0.2, -0.15) is 5.10 Å². The molecule has 1 rings (SSSR count). The van der Waals surface area contributed by atoms with Crippen LogP contribution < -0.4 is 5.32 Å². The Hall–Kier alpha value is -0.520. The Labute approximate surface area is 108 Å². The van der Waals surface area contributed by atoms with Crippen LogP contribution in [-0.4, -0.2) is 38.8 Å². The lowest BCUT2D eigenvalue weighted by Crippen LogP contribution is -2.51. The first kappa shape index (κ1) is 14.5. The van der Waals surface area contributed by atoms with Gasteiger partial charge >= 0.3 is 0 Å². The molecule has 0 amide bonds. The second-order valence-electron chi connectivity index (χ2n) is 5.05. The summed E-state index contributed by atoms with van der Waals surface area (Å²) >= 11 is 1.72. The quantitative estimate of drug-likeness (QED) is 0.760. The van der Waals surface area contributed by atoms with Crippen molar-refractivity contribution in [2.24, 2.45) is 7.05 Å². The molecule has 98 valence electrons. The van der Waals surface area contributed by atoms with Crippen LogP contribution in [0.3, 0.4) is 0 Å². The minimum absolute atomic E-state index is 0.134. The van der Waals surface area contributed by atoms with Gasteiger partial charge in [0.2, 0.25) is 0 Å². The normalized spacial score (nSPS) is 15.2. The fraction of sp³-hybridized carbons (Fsp3) is 0.750. The van der Waals surface area contributed by atoms with E-state index in [9.17, 15) is 5.11 Å². The molecule has 5 heteroatoms. The SMILES string of the molecule is Cc1cc(SCC(C)(CO)NC(C)C)n(C)n1. The Balaban J connectivity index is 2.61. The highest BCUT2D eigenvalue weighted by Crippen LogP contribution is 2.23. The van der Waals surface area contributed by atoms with Crippen LogP contribution in [0.2, 0.25) is 0 Å². The molecule has 1 aromatic heterocycles. The number of aliphatic hydroxyl groups excluding tert-OH is 1. The van der Waals surface area contributed by atoms with E-state index >= 15 is 0 Å². The zero-order valence-corrected chi connectivity index (χ0v) is 12.1. The summed E-state index contributed by atoms with van der Waals surface area (Å²) in [6, 6.07) is 2.43. The first-order chi connectivity index (χ1) is 7.86. The molecule has 1 heterocycles. The van der Waals surface area contributed by atoms with E-state index in [1.54, 1.807) is 11.8 Å². The third-order valence-electron chi connectivity index (χ3n) is 2.48. The number of hydrogen-bond donors (Lipinski definition) is 2. The molecule has 1 atom stereocenters. The maximum Gasteiger partial charge on any atom is 0.0939 e. The van der Waals surface area contributed by atoms with E-state index in [1.807, 2.05) is 25.6 Å². The number of aliphatic hydroxyl groups is 1. The molecule has 0 spiro atoms. The second kappa shape index (κ2) is 5.89. The number of hydrogen-bond acceptors (Lipinski definition) is 4. The number of rotatable bonds is 6. The molecule has 0 bridgehead atoms. The molecule has 2 N–H and O–H groups in total. The maximum atomic E-state index is 9.49. The van der Waals surface area contributed by atoms with Gasteiger partial charge in [-0.25, -0.2) is 0 Å². The van der Waals surface area contributed by atoms with Crippen LogP contribution in [0.4, 0.5) is 0 Å². The molecule has 0 aliphatic carbocycles. The van der Waals surface area contributed by atoms with Crippen LogP contribution in [0.1, 0.15) is 26.5 Å². The average molecular weight is 257 g/mol. The molecule has 0 saturated carbocycles. The van der Waals surface area contributed by atoms with Crippen LogP contribution in [0, 0.1) is 6.92 Å². The second-order valence-corrected chi connectivity index (χ2v) is 6.05. The zero-order chi connectivity index (χ0) is 13.1. The first-order valence-electron chi connectivity index (χ1n) is 5.88. The van der Waals surface area contributed by atoms with Crippen molar-refractivity contribution in [1.82, 2.24) is 15.1 Å². The third-order valence-corrected chi connectivity index (χ3v) is 3.94. The van der Waals surface area contributed by atoms with Crippen molar-refractivity contribution in [1.29, 1.82) is 0 Å². The summed E-state index contributed by atoms with van der Waals surface area (Å²) in [7, 11) is 1.95. The number of nitrogens with zero attached hydrogens (tertiary/aromatic N) is 2. The van der Waals surface area contributed by atoms with E-state index in [-0.39, 0.29) is 12.1 Å². The lowest BCUT2D eigenvalue weighted by molar-refractivity contribution is 0.183. The highest BCUT2D eigenvalue weighted by Gasteiger charge is 2.24. The Morgan fingerprint density at radius 3 is 2.65 bits per heavy atom. The average Bonchev–Trinajstić information content (AvgIpc) is 2.53. The molecule has 0 radical (unpaired) electrons. The number of nitrogens with one attached hydrogen (secondary N) is 1. The number of thioether (sulfide) groups is 1. The molecule has 0 aliphatic heterocycles. The molecule has 0 aliphatic rings. The van der Waals surface area contributed by atoms with Gasteiger partial charge in [-0.1, -0.05) is 13.8 Å². The summed E-state index contributed by atoms with van der Waals surface area (Å²) in [6.07, 6.45) is 0. The van der Waals surface area contributed by atoms with Crippen LogP contribution >= 0.6 is 11.8 Å². The van der Waals surface area contributed by atoms with E-state index in [0.717, 1.165) is 16.5 Å². The Bertz CT molecular complexity index is 365. The Kier molecular flexibility index (Phi) is 5.04. The summed E-state index contributed by atoms with van der Waals surface area (Å²) in [5, 5.41) is 18.3. The smallest absolute Gasteiger partial charge is 0.0939 e. The van der Waals surface area contributed by atoms with Gasteiger partial charge in [-0.15, -0.1) is 11.8 Å². The van der Waals surface area contributed by atoms with E-state index in [2.05, 4.69) is 30.3 Å². The monoisotopic (exact) mass is 257 g/mol. The van der Waals surface area contributed by atoms with Crippen molar-refractivity contribution >= 4 is 11.8 Å². The van der Waals surface area contributed by atoms with Gasteiger partial charge in [0.25, 0.3) is 0 Å². The van der Waals surface area contributed by atoms with E-state index in [4.69, 9.17) is 0 Å². The molecule has 0 aromatic carbocycles. The van der Waals surface area contributed by atoms with Crippen molar-refractivity contribution < 1.29 is 5.11 Å². The maximum absolute atomic E-state index is 9.49. The Morgan fingerprint density at radius 2 is 2.24 bits per heavy atom. The molecular weight excluding hydrogens is 234 g/mol. The van der Waals surface area contributed by atoms with Crippen molar-refractivity contribution in [3.63, 3.8) is 0 Å². The van der Waals surface area contributed by atoms with Crippen molar-refractivity contribution in [2.45, 2.75) is 44.3 Å². The minimum atomic E-state index is -0.253. The van der Waals surface area contributed by atoms with Crippen LogP contribution in [-0.2, 0) is 7.05 Å². The zero-order valence-electron chi connectivity index (χ0n) is 11.3. The van der Waals surface area contributed by atoms with Crippen LogP contribution in [0.5, 0.6) is 0 Å². The molecule has 0 saturated heterocycles. The minimum Gasteiger partial charge on any atom is -0.394 e. The topological polar surface area (TPSA) is 50.1 Å². The third kappa shape index (κ3) is 4.33. The molecule has 4 nitrogen and oxygen atoms in total. The van der Waals surface area contributed by atoms with E-state index in [1.165, 1.54) is 0 Å². The van der Waals surface area contributed by atoms with Gasteiger partial charge in [-0.3, -0.25) is 4.68 Å². The first-order valence-corrected chi connectivity index (χ1v) is 6.87. The van der Waals surface area contributed by atoms with Crippen molar-refractivity contribution in [2.75, 3.05) is 12.4 Å². The summed E-state index contributed by atoms with van der Waals surface area (Å²) < 4.78 is 1.88. The van der Waals surface area contributed by atoms with E-state index < -0.39 is 0 Å². The fourth-order valence-electron chi connectivity index (χ4n) is 1.79. The van der Waals surface area contributed by atoms with Crippen molar-refractivity contribution in [3.8, 4) is 0 Å². The highest BCUT2D eigenvalue weighted by atomic mass is 32.2. The number of aromatic nitrogens is 2. The van der Waals surface area contributed by atoms with Crippen LogP contribution in [0.15, 0.2) is 11.1 Å². The number of aryl methyl sites for hydroxylation is 2. The molecule has 0 fully saturated rings. The van der Waals surface area contributed by atoms with Gasteiger partial charge in [0.05, 0.1) is 17.3 Å². The summed E-state index contributed by atoms with van der Waals surface area (Å²) in [4.78, 5) is 0. The van der Waals surface area contributed by atoms with Crippen molar-refractivity contribution in [3.05, 3.63) is 11.8 Å². The lowest BCUT2D eigenvalue weighted by atomic mass is 10.1. The summed E-state index contributed by atoms with van der Waals surface area (Å²) in [5.41, 5.74) is 0.773. The van der Waals surface area contributed by atoms with Gasteiger partial charge < -0.3 is 10.4 Å². The molecular formula is C12H23N3OS. The summed E-state index contributed by atoms with van der Waals surface area (Å²) in [5.74, 6) is 0.820. The standard InChI is InChI=1S/C12H23N3OS/c1-9(2)13-12(4,7-16)8-17-11-6-10(3)14-15(11)5/h6,9,13,16H,7-8H2,1-5H3. The fourth-order valence-corrected chi connectivity index (χ4v) is 2.91. The van der Waals surface area contributed by atoms with Gasteiger partial charge in [0, 0.05) is 24.4 Å². The largest absolute Gasteiger partial charge is 0.394 e.